The third kappa shape index (κ3) is 3.21. The molecule has 1 aromatic carbocycles. The third-order valence-electron chi connectivity index (χ3n) is 3.49. The lowest BCUT2D eigenvalue weighted by Crippen LogP contribution is -2.29. The van der Waals surface area contributed by atoms with Gasteiger partial charge >= 0.3 is 0 Å². The van der Waals surface area contributed by atoms with Crippen molar-refractivity contribution in [1.82, 2.24) is 4.90 Å². The van der Waals surface area contributed by atoms with Crippen LogP contribution in [0.5, 0.6) is 5.75 Å². The lowest BCUT2D eigenvalue weighted by Gasteiger charge is -2.18. The van der Waals surface area contributed by atoms with E-state index in [2.05, 4.69) is 27.8 Å². The van der Waals surface area contributed by atoms with E-state index in [1.165, 1.54) is 0 Å². The molecule has 17 heavy (non-hydrogen) atoms. The smallest absolute Gasteiger partial charge is 0.120 e. The predicted octanol–water partition coefficient (Wildman–Crippen LogP) is 2.32. The van der Waals surface area contributed by atoms with Crippen LogP contribution in [-0.2, 0) is 6.54 Å². The number of benzene rings is 1. The summed E-state index contributed by atoms with van der Waals surface area (Å²) in [4.78, 5) is 2.36. The van der Waals surface area contributed by atoms with Gasteiger partial charge in [-0.25, -0.2) is 0 Å². The molecular weight excluding hydrogens is 280 g/mol. The molecule has 1 fully saturated rings. The Morgan fingerprint density at radius 1 is 1.59 bits per heavy atom. The molecule has 1 heterocycles. The Kier molecular flexibility index (Phi) is 4.07. The largest absolute Gasteiger partial charge is 0.508 e. The van der Waals surface area contributed by atoms with E-state index in [-0.39, 0.29) is 6.04 Å². The van der Waals surface area contributed by atoms with Crippen LogP contribution in [0.2, 0.25) is 0 Å². The highest BCUT2D eigenvalue weighted by Gasteiger charge is 2.25. The van der Waals surface area contributed by atoms with Gasteiger partial charge in [-0.2, -0.15) is 0 Å². The summed E-state index contributed by atoms with van der Waals surface area (Å²) in [6.07, 6.45) is 1.16. The SMILES string of the molecule is CC(N)C1CCN(Cc2cc(Br)ccc2O)C1. The molecule has 3 nitrogen and oxygen atoms in total. The Morgan fingerprint density at radius 2 is 2.35 bits per heavy atom. The van der Waals surface area contributed by atoms with Gasteiger partial charge in [0, 0.05) is 29.2 Å². The lowest BCUT2D eigenvalue weighted by molar-refractivity contribution is 0.303. The molecule has 4 heteroatoms. The Morgan fingerprint density at radius 3 is 3.00 bits per heavy atom. The Hall–Kier alpha value is -0.580. The van der Waals surface area contributed by atoms with Crippen molar-refractivity contribution in [3.8, 4) is 5.75 Å². The van der Waals surface area contributed by atoms with Gasteiger partial charge in [0.25, 0.3) is 0 Å². The van der Waals surface area contributed by atoms with Crippen LogP contribution in [0.1, 0.15) is 18.9 Å². The van der Waals surface area contributed by atoms with E-state index in [1.54, 1.807) is 6.07 Å². The Bertz CT molecular complexity index is 395. The maximum absolute atomic E-state index is 9.80. The Balaban J connectivity index is 2.00. The summed E-state index contributed by atoms with van der Waals surface area (Å²) in [5, 5.41) is 9.80. The van der Waals surface area contributed by atoms with E-state index in [0.717, 1.165) is 36.1 Å². The molecule has 0 aliphatic carbocycles. The molecule has 1 aromatic rings. The van der Waals surface area contributed by atoms with Gasteiger partial charge in [0.1, 0.15) is 5.75 Å². The van der Waals surface area contributed by atoms with Crippen LogP contribution in [0.15, 0.2) is 22.7 Å². The highest BCUT2D eigenvalue weighted by molar-refractivity contribution is 9.10. The van der Waals surface area contributed by atoms with Crippen molar-refractivity contribution < 1.29 is 5.11 Å². The van der Waals surface area contributed by atoms with Gasteiger partial charge in [0.2, 0.25) is 0 Å². The highest BCUT2D eigenvalue weighted by atomic mass is 79.9. The van der Waals surface area contributed by atoms with Gasteiger partial charge < -0.3 is 10.8 Å². The zero-order valence-corrected chi connectivity index (χ0v) is 11.7. The summed E-state index contributed by atoms with van der Waals surface area (Å²) in [5.74, 6) is 0.960. The van der Waals surface area contributed by atoms with Crippen LogP contribution in [0.4, 0.5) is 0 Å². The van der Waals surface area contributed by atoms with Gasteiger partial charge in [-0.1, -0.05) is 15.9 Å². The zero-order valence-electron chi connectivity index (χ0n) is 10.1. The second-order valence-corrected chi connectivity index (χ2v) is 5.83. The molecule has 2 atom stereocenters. The molecule has 94 valence electrons. The predicted molar refractivity (Wildman–Crippen MR) is 72.8 cm³/mol. The number of hydrogen-bond donors (Lipinski definition) is 2. The first-order valence-electron chi connectivity index (χ1n) is 6.01. The van der Waals surface area contributed by atoms with Crippen molar-refractivity contribution in [2.45, 2.75) is 25.9 Å². The second kappa shape index (κ2) is 5.38. The molecule has 0 saturated carbocycles. The molecule has 0 bridgehead atoms. The van der Waals surface area contributed by atoms with Gasteiger partial charge in [-0.15, -0.1) is 0 Å². The van der Waals surface area contributed by atoms with Crippen LogP contribution in [0, 0.1) is 5.92 Å². The molecule has 0 aromatic heterocycles. The molecule has 1 aliphatic heterocycles. The second-order valence-electron chi connectivity index (χ2n) is 4.92. The number of phenols is 1. The fraction of sp³-hybridized carbons (Fsp3) is 0.538. The standard InChI is InChI=1S/C13H19BrN2O/c1-9(15)10-4-5-16(7-10)8-11-6-12(14)2-3-13(11)17/h2-3,6,9-10,17H,4-5,7-8,15H2,1H3. The van der Waals surface area contributed by atoms with Crippen molar-refractivity contribution in [2.75, 3.05) is 13.1 Å². The molecule has 1 aliphatic rings. The first kappa shape index (κ1) is 12.9. The van der Waals surface area contributed by atoms with Crippen LogP contribution in [0.25, 0.3) is 0 Å². The van der Waals surface area contributed by atoms with Gasteiger partial charge in [-0.3, -0.25) is 4.90 Å². The van der Waals surface area contributed by atoms with E-state index < -0.39 is 0 Å². The number of hydrogen-bond acceptors (Lipinski definition) is 3. The molecule has 0 spiro atoms. The minimum absolute atomic E-state index is 0.260. The number of phenolic OH excluding ortho intramolecular Hbond substituents is 1. The summed E-state index contributed by atoms with van der Waals surface area (Å²) in [6, 6.07) is 5.83. The quantitative estimate of drug-likeness (QED) is 0.900. The fourth-order valence-corrected chi connectivity index (χ4v) is 2.77. The van der Waals surface area contributed by atoms with Crippen molar-refractivity contribution in [3.05, 3.63) is 28.2 Å². The average molecular weight is 299 g/mol. The van der Waals surface area contributed by atoms with Gasteiger partial charge in [0.05, 0.1) is 0 Å². The van der Waals surface area contributed by atoms with Gasteiger partial charge in [0.15, 0.2) is 0 Å². The maximum Gasteiger partial charge on any atom is 0.120 e. The van der Waals surface area contributed by atoms with E-state index in [1.807, 2.05) is 12.1 Å². The highest BCUT2D eigenvalue weighted by Crippen LogP contribution is 2.26. The summed E-state index contributed by atoms with van der Waals surface area (Å²) in [7, 11) is 0. The maximum atomic E-state index is 9.80. The number of nitrogens with zero attached hydrogens (tertiary/aromatic N) is 1. The molecule has 2 rings (SSSR count). The van der Waals surface area contributed by atoms with Crippen LogP contribution in [-0.4, -0.2) is 29.1 Å². The van der Waals surface area contributed by atoms with E-state index >= 15 is 0 Å². The summed E-state index contributed by atoms with van der Waals surface area (Å²) >= 11 is 3.43. The lowest BCUT2D eigenvalue weighted by atomic mass is 10.0. The van der Waals surface area contributed by atoms with Crippen molar-refractivity contribution in [2.24, 2.45) is 11.7 Å². The summed E-state index contributed by atoms with van der Waals surface area (Å²) < 4.78 is 1.01. The summed E-state index contributed by atoms with van der Waals surface area (Å²) in [6.45, 7) is 4.97. The minimum atomic E-state index is 0.260. The number of halogens is 1. The molecule has 1 saturated heterocycles. The number of nitrogens with two attached hydrogens (primary N) is 1. The number of aromatic hydroxyl groups is 1. The molecule has 0 radical (unpaired) electrons. The van der Waals surface area contributed by atoms with Crippen LogP contribution >= 0.6 is 15.9 Å². The zero-order chi connectivity index (χ0) is 12.4. The third-order valence-corrected chi connectivity index (χ3v) is 3.98. The molecule has 2 unspecified atom stereocenters. The molecule has 3 N–H and O–H groups in total. The fourth-order valence-electron chi connectivity index (χ4n) is 2.36. The monoisotopic (exact) mass is 298 g/mol. The first-order valence-corrected chi connectivity index (χ1v) is 6.81. The van der Waals surface area contributed by atoms with Crippen LogP contribution < -0.4 is 5.73 Å². The molecular formula is C13H19BrN2O. The summed E-state index contributed by atoms with van der Waals surface area (Å²) in [5.41, 5.74) is 6.90. The number of rotatable bonds is 3. The van der Waals surface area contributed by atoms with Crippen molar-refractivity contribution in [1.29, 1.82) is 0 Å². The Labute approximate surface area is 111 Å². The van der Waals surface area contributed by atoms with Gasteiger partial charge in [-0.05, 0) is 44.0 Å². The normalized spacial score (nSPS) is 22.9. The molecule has 0 amide bonds. The average Bonchev–Trinajstić information content (AvgIpc) is 2.72. The van der Waals surface area contributed by atoms with E-state index in [9.17, 15) is 5.11 Å². The van der Waals surface area contributed by atoms with Crippen LogP contribution in [0.3, 0.4) is 0 Å². The van der Waals surface area contributed by atoms with Crippen molar-refractivity contribution >= 4 is 15.9 Å². The number of likely N-dealkylation sites (tertiary alicyclic amines) is 1. The van der Waals surface area contributed by atoms with E-state index in [4.69, 9.17) is 5.73 Å². The topological polar surface area (TPSA) is 49.5 Å². The van der Waals surface area contributed by atoms with Crippen molar-refractivity contribution in [3.63, 3.8) is 0 Å². The minimum Gasteiger partial charge on any atom is -0.508 e. The van der Waals surface area contributed by atoms with E-state index in [0.29, 0.717) is 11.7 Å². The first-order chi connectivity index (χ1) is 8.06.